The van der Waals surface area contributed by atoms with E-state index in [2.05, 4.69) is 19.9 Å². The minimum atomic E-state index is -0.414. The third-order valence-electron chi connectivity index (χ3n) is 10.0. The molecular formula is C24H36O5. The molecule has 4 aliphatic carbocycles. The molecule has 162 valence electrons. The highest BCUT2D eigenvalue weighted by molar-refractivity contribution is 5.28. The van der Waals surface area contributed by atoms with Crippen LogP contribution in [0.15, 0.2) is 11.6 Å². The van der Waals surface area contributed by atoms with Gasteiger partial charge in [0.25, 0.3) is 0 Å². The van der Waals surface area contributed by atoms with Crippen molar-refractivity contribution >= 4 is 0 Å². The third-order valence-corrected chi connectivity index (χ3v) is 10.0. The highest BCUT2D eigenvalue weighted by atomic mass is 16.7. The number of fused-ring (bicyclic) bond motifs is 6. The molecule has 0 unspecified atom stereocenters. The zero-order valence-electron chi connectivity index (χ0n) is 18.0. The van der Waals surface area contributed by atoms with Crippen molar-refractivity contribution in [2.45, 2.75) is 70.4 Å². The zero-order valence-corrected chi connectivity index (χ0v) is 18.0. The number of rotatable bonds is 1. The average Bonchev–Trinajstić information content (AvgIpc) is 3.44. The maximum atomic E-state index is 10.6. The predicted molar refractivity (Wildman–Crippen MR) is 107 cm³/mol. The standard InChI is InChI=1S/C24H36O5/c1-21-7-8-23(26-9-10-27-23)14-17(21)3-4-18-19-5-6-24(28-11-12-29-24)22(19,2)13-16(15-25)20(18)21/h3,16,18-20,25H,4-15H2,1-2H3/t16-,18+,19+,20+,21+,22+/m1/s1. The molecule has 5 nitrogen and oxygen atoms in total. The normalized spacial score (nSPS) is 49.7. The van der Waals surface area contributed by atoms with Gasteiger partial charge in [0.05, 0.1) is 26.4 Å². The lowest BCUT2D eigenvalue weighted by molar-refractivity contribution is -0.254. The van der Waals surface area contributed by atoms with Crippen LogP contribution in [0.1, 0.15) is 58.8 Å². The fourth-order valence-electron chi connectivity index (χ4n) is 8.81. The molecule has 0 radical (unpaired) electrons. The van der Waals surface area contributed by atoms with Crippen molar-refractivity contribution in [3.63, 3.8) is 0 Å². The van der Waals surface area contributed by atoms with Crippen LogP contribution >= 0.6 is 0 Å². The Morgan fingerprint density at radius 3 is 2.45 bits per heavy atom. The van der Waals surface area contributed by atoms with Crippen LogP contribution in [0, 0.1) is 34.5 Å². The van der Waals surface area contributed by atoms with Crippen LogP contribution in [0.2, 0.25) is 0 Å². The summed E-state index contributed by atoms with van der Waals surface area (Å²) in [7, 11) is 0. The van der Waals surface area contributed by atoms with Gasteiger partial charge in [0.2, 0.25) is 0 Å². The molecule has 0 aromatic carbocycles. The molecule has 0 bridgehead atoms. The molecule has 2 heterocycles. The first kappa shape index (κ1) is 19.2. The molecular weight excluding hydrogens is 368 g/mol. The Bertz CT molecular complexity index is 706. The average molecular weight is 405 g/mol. The summed E-state index contributed by atoms with van der Waals surface area (Å²) in [5.41, 5.74) is 1.67. The fraction of sp³-hybridized carbons (Fsp3) is 0.917. The van der Waals surface area contributed by atoms with Crippen LogP contribution in [-0.4, -0.2) is 49.7 Å². The SMILES string of the molecule is C[C@]12CCC3(CC1=CC[C@@H]1[C@@H]2[C@@H](CO)C[C@@]2(C)[C@H]1CCC21OCCO1)OCCO3. The Balaban J connectivity index is 1.37. The quantitative estimate of drug-likeness (QED) is 0.676. The summed E-state index contributed by atoms with van der Waals surface area (Å²) in [5.74, 6) is 1.25. The number of hydrogen-bond donors (Lipinski definition) is 1. The summed E-state index contributed by atoms with van der Waals surface area (Å²) in [6.45, 7) is 7.99. The summed E-state index contributed by atoms with van der Waals surface area (Å²) in [4.78, 5) is 0. The molecule has 2 aliphatic heterocycles. The second-order valence-electron chi connectivity index (χ2n) is 11.0. The van der Waals surface area contributed by atoms with Crippen LogP contribution < -0.4 is 0 Å². The third kappa shape index (κ3) is 2.40. The molecule has 0 amide bonds. The van der Waals surface area contributed by atoms with Crippen molar-refractivity contribution in [1.29, 1.82) is 0 Å². The minimum Gasteiger partial charge on any atom is -0.396 e. The van der Waals surface area contributed by atoms with Crippen LogP contribution in [0.4, 0.5) is 0 Å². The molecule has 2 saturated heterocycles. The van der Waals surface area contributed by atoms with E-state index in [1.54, 1.807) is 0 Å². The molecule has 6 rings (SSSR count). The van der Waals surface area contributed by atoms with Crippen molar-refractivity contribution in [3.8, 4) is 0 Å². The first-order valence-electron chi connectivity index (χ1n) is 11.8. The van der Waals surface area contributed by atoms with Crippen LogP contribution in [-0.2, 0) is 18.9 Å². The van der Waals surface area contributed by atoms with Gasteiger partial charge in [-0.15, -0.1) is 0 Å². The Kier molecular flexibility index (Phi) is 4.17. The van der Waals surface area contributed by atoms with Crippen LogP contribution in [0.5, 0.6) is 0 Å². The topological polar surface area (TPSA) is 57.2 Å². The monoisotopic (exact) mass is 404 g/mol. The molecule has 5 heteroatoms. The number of ether oxygens (including phenoxy) is 4. The minimum absolute atomic E-state index is 0.00727. The highest BCUT2D eigenvalue weighted by Gasteiger charge is 2.69. The van der Waals surface area contributed by atoms with E-state index in [-0.39, 0.29) is 23.2 Å². The summed E-state index contributed by atoms with van der Waals surface area (Å²) in [5, 5.41) is 10.6. The summed E-state index contributed by atoms with van der Waals surface area (Å²) < 4.78 is 24.7. The Hall–Kier alpha value is -0.460. The van der Waals surface area contributed by atoms with E-state index in [0.717, 1.165) is 51.7 Å². The van der Waals surface area contributed by atoms with E-state index in [1.807, 2.05) is 0 Å². The van der Waals surface area contributed by atoms with Gasteiger partial charge in [-0.05, 0) is 54.8 Å². The smallest absolute Gasteiger partial charge is 0.174 e. The molecule has 3 saturated carbocycles. The first-order valence-corrected chi connectivity index (χ1v) is 11.8. The van der Waals surface area contributed by atoms with Crippen LogP contribution in [0.25, 0.3) is 0 Å². The number of allylic oxidation sites excluding steroid dienone is 1. The van der Waals surface area contributed by atoms with Gasteiger partial charge >= 0.3 is 0 Å². The van der Waals surface area contributed by atoms with Gasteiger partial charge < -0.3 is 24.1 Å². The van der Waals surface area contributed by atoms with E-state index < -0.39 is 5.79 Å². The molecule has 1 N–H and O–H groups in total. The zero-order chi connectivity index (χ0) is 19.9. The second-order valence-corrected chi connectivity index (χ2v) is 11.0. The molecule has 29 heavy (non-hydrogen) atoms. The van der Waals surface area contributed by atoms with Crippen molar-refractivity contribution in [2.24, 2.45) is 34.5 Å². The van der Waals surface area contributed by atoms with Crippen molar-refractivity contribution in [2.75, 3.05) is 33.0 Å². The summed E-state index contributed by atoms with van der Waals surface area (Å²) in [6.07, 6.45) is 9.81. The molecule has 0 aromatic rings. The van der Waals surface area contributed by atoms with Gasteiger partial charge in [0.1, 0.15) is 0 Å². The fourth-order valence-corrected chi connectivity index (χ4v) is 8.81. The lowest BCUT2D eigenvalue weighted by Crippen LogP contribution is -2.59. The lowest BCUT2D eigenvalue weighted by atomic mass is 9.44. The number of aliphatic hydroxyl groups is 1. The highest BCUT2D eigenvalue weighted by Crippen LogP contribution is 2.70. The molecule has 6 atom stereocenters. The van der Waals surface area contributed by atoms with Crippen molar-refractivity contribution in [1.82, 2.24) is 0 Å². The van der Waals surface area contributed by atoms with Gasteiger partial charge in [0.15, 0.2) is 11.6 Å². The van der Waals surface area contributed by atoms with Gasteiger partial charge in [-0.2, -0.15) is 0 Å². The molecule has 5 fully saturated rings. The van der Waals surface area contributed by atoms with E-state index in [0.29, 0.717) is 36.9 Å². The van der Waals surface area contributed by atoms with Gasteiger partial charge in [-0.1, -0.05) is 25.5 Å². The largest absolute Gasteiger partial charge is 0.396 e. The molecule has 6 aliphatic rings. The predicted octanol–water partition coefficient (Wildman–Crippen LogP) is 3.65. The summed E-state index contributed by atoms with van der Waals surface area (Å²) >= 11 is 0. The van der Waals surface area contributed by atoms with E-state index in [1.165, 1.54) is 12.0 Å². The molecule has 2 spiro atoms. The van der Waals surface area contributed by atoms with Gasteiger partial charge in [0, 0.05) is 31.3 Å². The van der Waals surface area contributed by atoms with Crippen LogP contribution in [0.3, 0.4) is 0 Å². The van der Waals surface area contributed by atoms with Crippen molar-refractivity contribution < 1.29 is 24.1 Å². The van der Waals surface area contributed by atoms with E-state index >= 15 is 0 Å². The second kappa shape index (κ2) is 6.29. The van der Waals surface area contributed by atoms with Crippen molar-refractivity contribution in [3.05, 3.63) is 11.6 Å². The van der Waals surface area contributed by atoms with Gasteiger partial charge in [-0.3, -0.25) is 0 Å². The number of aliphatic hydroxyl groups excluding tert-OH is 1. The first-order chi connectivity index (χ1) is 14.0. The van der Waals surface area contributed by atoms with Gasteiger partial charge in [-0.25, -0.2) is 0 Å². The Morgan fingerprint density at radius 1 is 1.00 bits per heavy atom. The Morgan fingerprint density at radius 2 is 1.72 bits per heavy atom. The molecule has 0 aromatic heterocycles. The maximum absolute atomic E-state index is 10.6. The Labute approximate surface area is 174 Å². The van der Waals surface area contributed by atoms with E-state index in [9.17, 15) is 5.11 Å². The maximum Gasteiger partial charge on any atom is 0.174 e. The van der Waals surface area contributed by atoms with E-state index in [4.69, 9.17) is 18.9 Å². The lowest BCUT2D eigenvalue weighted by Gasteiger charge is -2.62. The number of hydrogen-bond acceptors (Lipinski definition) is 5. The summed E-state index contributed by atoms with van der Waals surface area (Å²) in [6, 6.07) is 0.